The first-order chi connectivity index (χ1) is 12.5. The summed E-state index contributed by atoms with van der Waals surface area (Å²) in [6.07, 6.45) is 1.60. The van der Waals surface area contributed by atoms with Crippen molar-refractivity contribution in [1.82, 2.24) is 4.68 Å². The van der Waals surface area contributed by atoms with Crippen LogP contribution >= 0.6 is 11.3 Å². The number of carbonyl (C=O) groups excluding carboxylic acids is 1. The summed E-state index contributed by atoms with van der Waals surface area (Å²) < 4.78 is 7.18. The predicted octanol–water partition coefficient (Wildman–Crippen LogP) is 2.73. The molecule has 1 aromatic carbocycles. The van der Waals surface area contributed by atoms with Gasteiger partial charge in [0.15, 0.2) is 0 Å². The van der Waals surface area contributed by atoms with E-state index in [9.17, 15) is 9.90 Å². The summed E-state index contributed by atoms with van der Waals surface area (Å²) in [4.78, 5) is 16.7. The number of amides is 1. The Morgan fingerprint density at radius 3 is 2.85 bits per heavy atom. The maximum atomic E-state index is 11.5. The summed E-state index contributed by atoms with van der Waals surface area (Å²) in [5, 5.41) is 16.2. The number of phenols is 1. The van der Waals surface area contributed by atoms with Crippen molar-refractivity contribution < 1.29 is 14.3 Å². The second-order valence-electron chi connectivity index (χ2n) is 5.48. The van der Waals surface area contributed by atoms with Crippen LogP contribution in [0, 0.1) is 6.92 Å². The molecule has 2 heterocycles. The summed E-state index contributed by atoms with van der Waals surface area (Å²) in [7, 11) is 0. The van der Waals surface area contributed by atoms with Crippen LogP contribution in [0.2, 0.25) is 0 Å². The average molecular weight is 370 g/mol. The zero-order valence-electron chi connectivity index (χ0n) is 14.3. The van der Waals surface area contributed by atoms with E-state index in [1.165, 1.54) is 17.4 Å². The highest BCUT2D eigenvalue weighted by Gasteiger charge is 2.13. The lowest BCUT2D eigenvalue weighted by molar-refractivity contribution is 0.0998. The molecule has 0 bridgehead atoms. The Bertz CT molecular complexity index is 1040. The lowest BCUT2D eigenvalue weighted by Gasteiger charge is -2.06. The molecule has 0 saturated heterocycles. The number of rotatable bonds is 5. The molecule has 3 N–H and O–H groups in total. The second-order valence-corrected chi connectivity index (χ2v) is 6.32. The molecule has 7 nitrogen and oxygen atoms in total. The topological polar surface area (TPSA) is 106 Å². The van der Waals surface area contributed by atoms with Crippen molar-refractivity contribution in [3.05, 3.63) is 57.6 Å². The van der Waals surface area contributed by atoms with Crippen molar-refractivity contribution in [3.63, 3.8) is 0 Å². The zero-order chi connectivity index (χ0) is 18.7. The minimum atomic E-state index is -0.695. The minimum Gasteiger partial charge on any atom is -0.507 e. The molecule has 0 saturated carbocycles. The van der Waals surface area contributed by atoms with Gasteiger partial charge >= 0.3 is 0 Å². The van der Waals surface area contributed by atoms with Gasteiger partial charge in [-0.15, -0.1) is 11.3 Å². The van der Waals surface area contributed by atoms with Gasteiger partial charge in [0, 0.05) is 17.5 Å². The average Bonchev–Trinajstić information content (AvgIpc) is 3.20. The van der Waals surface area contributed by atoms with Gasteiger partial charge in [-0.05, 0) is 44.2 Å². The predicted molar refractivity (Wildman–Crippen MR) is 100 cm³/mol. The SMILES string of the molecule is CCN=c1scc(-c2ccc(O)c(C(N)=O)c2)n1N=Cc1ccc(C)o1. The maximum Gasteiger partial charge on any atom is 0.252 e. The number of aryl methyl sites for hydroxylation is 1. The highest BCUT2D eigenvalue weighted by Crippen LogP contribution is 2.26. The van der Waals surface area contributed by atoms with Crippen LogP contribution in [0.3, 0.4) is 0 Å². The molecular formula is C18H18N4O3S. The number of primary amides is 1. The van der Waals surface area contributed by atoms with E-state index in [1.807, 2.05) is 31.4 Å². The highest BCUT2D eigenvalue weighted by atomic mass is 32.1. The molecule has 0 unspecified atom stereocenters. The molecule has 134 valence electrons. The quantitative estimate of drug-likeness (QED) is 0.674. The van der Waals surface area contributed by atoms with Gasteiger partial charge in [0.25, 0.3) is 5.91 Å². The fourth-order valence-electron chi connectivity index (χ4n) is 2.38. The van der Waals surface area contributed by atoms with Crippen molar-refractivity contribution in [3.8, 4) is 17.0 Å². The lowest BCUT2D eigenvalue weighted by atomic mass is 10.1. The molecule has 8 heteroatoms. The van der Waals surface area contributed by atoms with Gasteiger partial charge in [-0.2, -0.15) is 5.10 Å². The first-order valence-corrected chi connectivity index (χ1v) is 8.82. The van der Waals surface area contributed by atoms with Crippen LogP contribution in [0.15, 0.2) is 50.2 Å². The molecule has 0 spiro atoms. The molecule has 0 atom stereocenters. The number of aromatic hydroxyl groups is 1. The first-order valence-electron chi connectivity index (χ1n) is 7.94. The standard InChI is InChI=1S/C18H18N4O3S/c1-3-20-18-22(21-9-13-6-4-11(2)25-13)15(10-26-18)12-5-7-16(23)14(8-12)17(19)24/h4-10,23H,3H2,1-2H3,(H2,19,24). The summed E-state index contributed by atoms with van der Waals surface area (Å²) in [6, 6.07) is 8.36. The molecule has 26 heavy (non-hydrogen) atoms. The third kappa shape index (κ3) is 3.60. The van der Waals surface area contributed by atoms with Crippen LogP contribution in [-0.4, -0.2) is 28.4 Å². The van der Waals surface area contributed by atoms with E-state index in [4.69, 9.17) is 10.2 Å². The fraction of sp³-hybridized carbons (Fsp3) is 0.167. The second kappa shape index (κ2) is 7.40. The van der Waals surface area contributed by atoms with Crippen LogP contribution in [0.4, 0.5) is 0 Å². The van der Waals surface area contributed by atoms with Crippen LogP contribution in [-0.2, 0) is 0 Å². The molecule has 0 aliphatic carbocycles. The number of benzene rings is 1. The monoisotopic (exact) mass is 370 g/mol. The summed E-state index contributed by atoms with van der Waals surface area (Å²) >= 11 is 1.43. The van der Waals surface area contributed by atoms with E-state index in [0.717, 1.165) is 11.5 Å². The Morgan fingerprint density at radius 1 is 1.38 bits per heavy atom. The van der Waals surface area contributed by atoms with Crippen molar-refractivity contribution in [2.45, 2.75) is 13.8 Å². The molecule has 3 aromatic rings. The molecule has 2 aromatic heterocycles. The van der Waals surface area contributed by atoms with Gasteiger partial charge in [0.1, 0.15) is 17.3 Å². The summed E-state index contributed by atoms with van der Waals surface area (Å²) in [6.45, 7) is 4.41. The van der Waals surface area contributed by atoms with Crippen LogP contribution in [0.25, 0.3) is 11.3 Å². The normalized spacial score (nSPS) is 12.2. The van der Waals surface area contributed by atoms with Gasteiger partial charge in [-0.25, -0.2) is 4.68 Å². The molecule has 0 aliphatic rings. The van der Waals surface area contributed by atoms with E-state index in [1.54, 1.807) is 23.0 Å². The molecule has 3 rings (SSSR count). The molecule has 0 radical (unpaired) electrons. The molecule has 0 aliphatic heterocycles. The van der Waals surface area contributed by atoms with Gasteiger partial charge in [0.05, 0.1) is 17.5 Å². The van der Waals surface area contributed by atoms with Crippen LogP contribution in [0.5, 0.6) is 5.75 Å². The van der Waals surface area contributed by atoms with Gasteiger partial charge in [0.2, 0.25) is 4.80 Å². The van der Waals surface area contributed by atoms with E-state index < -0.39 is 5.91 Å². The van der Waals surface area contributed by atoms with Gasteiger partial charge in [-0.3, -0.25) is 9.79 Å². The summed E-state index contributed by atoms with van der Waals surface area (Å²) in [5.41, 5.74) is 6.80. The molecular weight excluding hydrogens is 352 g/mol. The van der Waals surface area contributed by atoms with Crippen LogP contribution in [0.1, 0.15) is 28.8 Å². The zero-order valence-corrected chi connectivity index (χ0v) is 15.2. The van der Waals surface area contributed by atoms with E-state index >= 15 is 0 Å². The smallest absolute Gasteiger partial charge is 0.252 e. The Kier molecular flexibility index (Phi) is 5.04. The Hall–Kier alpha value is -3.13. The highest BCUT2D eigenvalue weighted by molar-refractivity contribution is 7.07. The number of nitrogens with two attached hydrogens (primary N) is 1. The number of aromatic nitrogens is 1. The number of hydrogen-bond acceptors (Lipinski definition) is 6. The maximum absolute atomic E-state index is 11.5. The van der Waals surface area contributed by atoms with Gasteiger partial charge < -0.3 is 15.3 Å². The lowest BCUT2D eigenvalue weighted by Crippen LogP contribution is -2.13. The van der Waals surface area contributed by atoms with Crippen molar-refractivity contribution in [2.75, 3.05) is 6.54 Å². The molecule has 1 amide bonds. The number of furan rings is 1. The van der Waals surface area contributed by atoms with E-state index in [-0.39, 0.29) is 11.3 Å². The van der Waals surface area contributed by atoms with Crippen molar-refractivity contribution in [2.24, 2.45) is 15.8 Å². The number of thiazole rings is 1. The fourth-order valence-corrected chi connectivity index (χ4v) is 3.28. The van der Waals surface area contributed by atoms with E-state index in [0.29, 0.717) is 22.7 Å². The number of hydrogen-bond donors (Lipinski definition) is 2. The van der Waals surface area contributed by atoms with Crippen molar-refractivity contribution in [1.29, 1.82) is 0 Å². The summed E-state index contributed by atoms with van der Waals surface area (Å²) in [5.74, 6) is 0.568. The third-order valence-corrected chi connectivity index (χ3v) is 4.45. The number of carbonyl (C=O) groups is 1. The van der Waals surface area contributed by atoms with Crippen molar-refractivity contribution >= 4 is 23.5 Å². The van der Waals surface area contributed by atoms with E-state index in [2.05, 4.69) is 10.1 Å². The third-order valence-electron chi connectivity index (χ3n) is 3.60. The minimum absolute atomic E-state index is 0.0554. The largest absolute Gasteiger partial charge is 0.507 e. The molecule has 0 fully saturated rings. The first kappa shape index (κ1) is 17.7. The Labute approximate surface area is 153 Å². The van der Waals surface area contributed by atoms with Crippen LogP contribution < -0.4 is 10.5 Å². The Balaban J connectivity index is 2.11. The number of nitrogens with zero attached hydrogens (tertiary/aromatic N) is 3. The van der Waals surface area contributed by atoms with Gasteiger partial charge in [-0.1, -0.05) is 0 Å². The Morgan fingerprint density at radius 2 is 2.19 bits per heavy atom.